The summed E-state index contributed by atoms with van der Waals surface area (Å²) >= 11 is 5.97. The molecule has 0 unspecified atom stereocenters. The molecule has 0 aliphatic heterocycles. The van der Waals surface area contributed by atoms with Crippen LogP contribution in [0.2, 0.25) is 5.02 Å². The molecule has 0 bridgehead atoms. The number of aliphatic hydroxyl groups is 1. The van der Waals surface area contributed by atoms with Crippen molar-refractivity contribution in [3.8, 4) is 11.5 Å². The summed E-state index contributed by atoms with van der Waals surface area (Å²) in [5.41, 5.74) is 1.14. The largest absolute Gasteiger partial charge is 0.497 e. The number of hydrogen-bond donors (Lipinski definition) is 1. The summed E-state index contributed by atoms with van der Waals surface area (Å²) in [5.74, 6) is 0.768. The molecule has 2 rings (SSSR count). The van der Waals surface area contributed by atoms with E-state index in [0.717, 1.165) is 0 Å². The Kier molecular flexibility index (Phi) is 4.82. The van der Waals surface area contributed by atoms with Gasteiger partial charge in [0.25, 0.3) is 0 Å². The SMILES string of the molecule is COc1ccc(OCc2cc(F)ccc2Cl)c(CO)c1. The van der Waals surface area contributed by atoms with Gasteiger partial charge in [-0.15, -0.1) is 0 Å². The average molecular weight is 297 g/mol. The van der Waals surface area contributed by atoms with E-state index < -0.39 is 0 Å². The summed E-state index contributed by atoms with van der Waals surface area (Å²) < 4.78 is 23.8. The molecule has 5 heteroatoms. The van der Waals surface area contributed by atoms with Crippen LogP contribution in [0.5, 0.6) is 11.5 Å². The average Bonchev–Trinajstić information content (AvgIpc) is 2.48. The van der Waals surface area contributed by atoms with Crippen molar-refractivity contribution in [2.24, 2.45) is 0 Å². The van der Waals surface area contributed by atoms with Crippen LogP contribution in [-0.2, 0) is 13.2 Å². The maximum atomic E-state index is 13.1. The monoisotopic (exact) mass is 296 g/mol. The van der Waals surface area contributed by atoms with Gasteiger partial charge in [0.05, 0.1) is 13.7 Å². The second-order valence-electron chi connectivity index (χ2n) is 4.16. The van der Waals surface area contributed by atoms with Gasteiger partial charge in [-0.25, -0.2) is 4.39 Å². The molecule has 0 atom stereocenters. The summed E-state index contributed by atoms with van der Waals surface area (Å²) in [7, 11) is 1.55. The molecule has 0 aliphatic rings. The number of benzene rings is 2. The predicted molar refractivity (Wildman–Crippen MR) is 74.7 cm³/mol. The molecule has 0 radical (unpaired) electrons. The highest BCUT2D eigenvalue weighted by molar-refractivity contribution is 6.31. The van der Waals surface area contributed by atoms with Crippen LogP contribution in [0.15, 0.2) is 36.4 Å². The lowest BCUT2D eigenvalue weighted by Crippen LogP contribution is -2.00. The fourth-order valence-corrected chi connectivity index (χ4v) is 1.93. The Labute approximate surface area is 121 Å². The van der Waals surface area contributed by atoms with E-state index in [2.05, 4.69) is 0 Å². The first-order valence-electron chi connectivity index (χ1n) is 5.98. The molecule has 0 saturated heterocycles. The Hall–Kier alpha value is -1.78. The predicted octanol–water partition coefficient (Wildman–Crippen LogP) is 3.56. The first-order valence-corrected chi connectivity index (χ1v) is 6.36. The van der Waals surface area contributed by atoms with Crippen LogP contribution in [0.4, 0.5) is 4.39 Å². The lowest BCUT2D eigenvalue weighted by molar-refractivity contribution is 0.258. The fourth-order valence-electron chi connectivity index (χ4n) is 1.76. The minimum atomic E-state index is -0.370. The summed E-state index contributed by atoms with van der Waals surface area (Å²) in [6, 6.07) is 9.20. The molecule has 2 aromatic carbocycles. The van der Waals surface area contributed by atoms with Gasteiger partial charge in [-0.2, -0.15) is 0 Å². The fraction of sp³-hybridized carbons (Fsp3) is 0.200. The van der Waals surface area contributed by atoms with Crippen LogP contribution in [0, 0.1) is 5.82 Å². The van der Waals surface area contributed by atoms with Crippen LogP contribution in [0.1, 0.15) is 11.1 Å². The van der Waals surface area contributed by atoms with Crippen molar-refractivity contribution >= 4 is 11.6 Å². The summed E-state index contributed by atoms with van der Waals surface area (Å²) in [6.07, 6.45) is 0. The van der Waals surface area contributed by atoms with Gasteiger partial charge >= 0.3 is 0 Å². The van der Waals surface area contributed by atoms with E-state index in [1.807, 2.05) is 0 Å². The number of hydrogen-bond acceptors (Lipinski definition) is 3. The molecule has 1 N–H and O–H groups in total. The first kappa shape index (κ1) is 14.6. The van der Waals surface area contributed by atoms with Crippen molar-refractivity contribution in [2.45, 2.75) is 13.2 Å². The molecule has 0 aromatic heterocycles. The summed E-state index contributed by atoms with van der Waals surface area (Å²) in [4.78, 5) is 0. The Bertz CT molecular complexity index is 602. The molecule has 0 aliphatic carbocycles. The van der Waals surface area contributed by atoms with Gasteiger partial charge in [-0.05, 0) is 36.4 Å². The molecule has 0 amide bonds. The highest BCUT2D eigenvalue weighted by Gasteiger charge is 2.07. The quantitative estimate of drug-likeness (QED) is 0.917. The van der Waals surface area contributed by atoms with Crippen molar-refractivity contribution in [2.75, 3.05) is 7.11 Å². The molecule has 20 heavy (non-hydrogen) atoms. The van der Waals surface area contributed by atoms with Gasteiger partial charge in [0.2, 0.25) is 0 Å². The van der Waals surface area contributed by atoms with Gasteiger partial charge in [-0.3, -0.25) is 0 Å². The second-order valence-corrected chi connectivity index (χ2v) is 4.56. The van der Waals surface area contributed by atoms with Crippen LogP contribution in [0.3, 0.4) is 0 Å². The minimum absolute atomic E-state index is 0.121. The lowest BCUT2D eigenvalue weighted by atomic mass is 10.2. The Balaban J connectivity index is 2.16. The first-order chi connectivity index (χ1) is 9.63. The van der Waals surface area contributed by atoms with E-state index in [0.29, 0.717) is 27.6 Å². The molecule has 3 nitrogen and oxygen atoms in total. The van der Waals surface area contributed by atoms with Gasteiger partial charge in [0, 0.05) is 16.1 Å². The van der Waals surface area contributed by atoms with Gasteiger partial charge in [0.15, 0.2) is 0 Å². The standard InChI is InChI=1S/C15H14ClFO3/c1-19-13-3-5-15(10(7-13)8-18)20-9-11-6-12(17)2-4-14(11)16/h2-7,18H,8-9H2,1H3. The smallest absolute Gasteiger partial charge is 0.125 e. The molecule has 2 aromatic rings. The number of halogens is 2. The van der Waals surface area contributed by atoms with Crippen molar-refractivity contribution in [3.05, 3.63) is 58.4 Å². The van der Waals surface area contributed by atoms with Crippen LogP contribution < -0.4 is 9.47 Å². The zero-order valence-electron chi connectivity index (χ0n) is 10.9. The minimum Gasteiger partial charge on any atom is -0.497 e. The summed E-state index contributed by atoms with van der Waals surface area (Å²) in [6.45, 7) is -0.0562. The normalized spacial score (nSPS) is 10.4. The molecule has 0 spiro atoms. The topological polar surface area (TPSA) is 38.7 Å². The van der Waals surface area contributed by atoms with Crippen LogP contribution in [-0.4, -0.2) is 12.2 Å². The molecule has 106 valence electrons. The van der Waals surface area contributed by atoms with E-state index in [4.69, 9.17) is 21.1 Å². The van der Waals surface area contributed by atoms with Crippen LogP contribution in [0.25, 0.3) is 0 Å². The highest BCUT2D eigenvalue weighted by Crippen LogP contribution is 2.26. The third-order valence-corrected chi connectivity index (χ3v) is 3.20. The van der Waals surface area contributed by atoms with E-state index in [1.165, 1.54) is 18.2 Å². The van der Waals surface area contributed by atoms with Gasteiger partial charge < -0.3 is 14.6 Å². The number of ether oxygens (including phenoxy) is 2. The molecule has 0 heterocycles. The van der Waals surface area contributed by atoms with E-state index in [9.17, 15) is 9.50 Å². The van der Waals surface area contributed by atoms with E-state index in [1.54, 1.807) is 25.3 Å². The highest BCUT2D eigenvalue weighted by atomic mass is 35.5. The van der Waals surface area contributed by atoms with Crippen molar-refractivity contribution in [3.63, 3.8) is 0 Å². The zero-order chi connectivity index (χ0) is 14.5. The Morgan fingerprint density at radius 2 is 1.95 bits per heavy atom. The zero-order valence-corrected chi connectivity index (χ0v) is 11.7. The van der Waals surface area contributed by atoms with E-state index >= 15 is 0 Å². The third kappa shape index (κ3) is 3.40. The molecule has 0 saturated carbocycles. The summed E-state index contributed by atoms with van der Waals surface area (Å²) in [5, 5.41) is 9.75. The van der Waals surface area contributed by atoms with Crippen LogP contribution >= 0.6 is 11.6 Å². The number of aliphatic hydroxyl groups excluding tert-OH is 1. The maximum absolute atomic E-state index is 13.1. The number of methoxy groups -OCH3 is 1. The van der Waals surface area contributed by atoms with E-state index in [-0.39, 0.29) is 19.0 Å². The second kappa shape index (κ2) is 6.59. The molecular formula is C15H14ClFO3. The Morgan fingerprint density at radius 3 is 2.65 bits per heavy atom. The lowest BCUT2D eigenvalue weighted by Gasteiger charge is -2.12. The third-order valence-electron chi connectivity index (χ3n) is 2.83. The molecular weight excluding hydrogens is 283 g/mol. The number of rotatable bonds is 5. The van der Waals surface area contributed by atoms with Crippen molar-refractivity contribution in [1.29, 1.82) is 0 Å². The molecule has 0 fully saturated rings. The maximum Gasteiger partial charge on any atom is 0.125 e. The van der Waals surface area contributed by atoms with Gasteiger partial charge in [-0.1, -0.05) is 11.6 Å². The van der Waals surface area contributed by atoms with Crippen molar-refractivity contribution < 1.29 is 19.0 Å². The van der Waals surface area contributed by atoms with Gasteiger partial charge in [0.1, 0.15) is 23.9 Å². The van der Waals surface area contributed by atoms with Crippen molar-refractivity contribution in [1.82, 2.24) is 0 Å². The Morgan fingerprint density at radius 1 is 1.15 bits per heavy atom.